The van der Waals surface area contributed by atoms with E-state index < -0.39 is 29.7 Å². The number of anilines is 1. The van der Waals surface area contributed by atoms with Crippen molar-refractivity contribution in [3.8, 4) is 0 Å². The van der Waals surface area contributed by atoms with E-state index in [0.717, 1.165) is 11.8 Å². The molecule has 0 aromatic carbocycles. The van der Waals surface area contributed by atoms with Gasteiger partial charge in [0.1, 0.15) is 5.82 Å². The Morgan fingerprint density at radius 1 is 1.14 bits per heavy atom. The Balaban J connectivity index is 1.93. The lowest BCUT2D eigenvalue weighted by molar-refractivity contribution is -0.141. The Morgan fingerprint density at radius 2 is 1.83 bits per heavy atom. The lowest BCUT2D eigenvalue weighted by Gasteiger charge is -2.13. The summed E-state index contributed by atoms with van der Waals surface area (Å²) in [4.78, 5) is 11.5. The zero-order valence-corrected chi connectivity index (χ0v) is 16.0. The Morgan fingerprint density at radius 3 is 2.45 bits per heavy atom. The summed E-state index contributed by atoms with van der Waals surface area (Å²) in [6.07, 6.45) is -7.33. The first kappa shape index (κ1) is 21.2. The third-order valence-corrected chi connectivity index (χ3v) is 5.07. The quantitative estimate of drug-likeness (QED) is 0.358. The highest BCUT2D eigenvalue weighted by atomic mass is 32.2. The second-order valence-electron chi connectivity index (χ2n) is 6.40. The number of alkyl halides is 6. The third-order valence-electron chi connectivity index (χ3n) is 4.08. The molecule has 3 aromatic heterocycles. The molecule has 0 saturated heterocycles. The molecule has 1 atom stereocenters. The van der Waals surface area contributed by atoms with Gasteiger partial charge in [-0.3, -0.25) is 4.98 Å². The zero-order valence-electron chi connectivity index (χ0n) is 15.1. The lowest BCUT2D eigenvalue weighted by atomic mass is 10.1. The lowest BCUT2D eigenvalue weighted by Crippen LogP contribution is -2.11. The Labute approximate surface area is 165 Å². The van der Waals surface area contributed by atoms with Crippen LogP contribution < -0.4 is 5.73 Å². The van der Waals surface area contributed by atoms with Gasteiger partial charge in [0.2, 0.25) is 0 Å². The summed E-state index contributed by atoms with van der Waals surface area (Å²) in [7, 11) is 1.61. The van der Waals surface area contributed by atoms with Gasteiger partial charge in [-0.15, -0.1) is 0 Å². The van der Waals surface area contributed by atoms with Crippen molar-refractivity contribution in [1.82, 2.24) is 19.5 Å². The van der Waals surface area contributed by atoms with Gasteiger partial charge in [-0.25, -0.2) is 9.97 Å². The summed E-state index contributed by atoms with van der Waals surface area (Å²) in [6, 6.07) is 2.14. The molecular formula is C17H15F6N5S. The molecule has 29 heavy (non-hydrogen) atoms. The van der Waals surface area contributed by atoms with E-state index in [1.54, 1.807) is 18.5 Å². The molecule has 5 nitrogen and oxygen atoms in total. The summed E-state index contributed by atoms with van der Waals surface area (Å²) in [5.41, 5.74) is 5.27. The highest BCUT2D eigenvalue weighted by Gasteiger charge is 2.34. The molecular weight excluding hydrogens is 420 g/mol. The molecule has 3 rings (SSSR count). The molecule has 0 bridgehead atoms. The van der Waals surface area contributed by atoms with Gasteiger partial charge in [0.15, 0.2) is 10.9 Å². The van der Waals surface area contributed by atoms with Gasteiger partial charge < -0.3 is 10.3 Å². The SMILES string of the molecule is CC(Sc1nc(N)cc(C(F)(F)F)n1)c1cc2c(CC(F)(F)F)cn(C)c2cn1. The fourth-order valence-electron chi connectivity index (χ4n) is 2.81. The number of fused-ring (bicyclic) bond motifs is 1. The summed E-state index contributed by atoms with van der Waals surface area (Å²) >= 11 is 0.882. The summed E-state index contributed by atoms with van der Waals surface area (Å²) < 4.78 is 78.8. The van der Waals surface area contributed by atoms with Gasteiger partial charge in [-0.2, -0.15) is 26.3 Å². The van der Waals surface area contributed by atoms with Gasteiger partial charge in [0.05, 0.1) is 29.1 Å². The van der Waals surface area contributed by atoms with Gasteiger partial charge in [-0.1, -0.05) is 11.8 Å². The van der Waals surface area contributed by atoms with E-state index in [0.29, 0.717) is 22.7 Å². The van der Waals surface area contributed by atoms with Crippen LogP contribution in [-0.4, -0.2) is 25.7 Å². The number of nitrogens with zero attached hydrogens (tertiary/aromatic N) is 4. The molecule has 0 saturated carbocycles. The molecule has 0 radical (unpaired) electrons. The summed E-state index contributed by atoms with van der Waals surface area (Å²) in [5.74, 6) is -0.332. The number of nitrogen functional groups attached to an aromatic ring is 1. The molecule has 0 spiro atoms. The normalized spacial score (nSPS) is 13.8. The van der Waals surface area contributed by atoms with Crippen molar-refractivity contribution in [2.75, 3.05) is 5.73 Å². The van der Waals surface area contributed by atoms with E-state index in [-0.39, 0.29) is 16.5 Å². The van der Waals surface area contributed by atoms with E-state index in [2.05, 4.69) is 15.0 Å². The molecule has 0 aliphatic rings. The Bertz CT molecular complexity index is 1040. The van der Waals surface area contributed by atoms with E-state index in [4.69, 9.17) is 5.73 Å². The summed E-state index contributed by atoms with van der Waals surface area (Å²) in [6.45, 7) is 1.64. The molecule has 0 amide bonds. The molecule has 12 heteroatoms. The number of nitrogens with two attached hydrogens (primary N) is 1. The zero-order chi connectivity index (χ0) is 21.6. The van der Waals surface area contributed by atoms with Crippen LogP contribution in [0.1, 0.15) is 29.1 Å². The second kappa shape index (κ2) is 7.39. The maximum atomic E-state index is 12.9. The number of aromatic nitrogens is 4. The van der Waals surface area contributed by atoms with Crippen molar-refractivity contribution in [2.45, 2.75) is 36.1 Å². The van der Waals surface area contributed by atoms with E-state index >= 15 is 0 Å². The van der Waals surface area contributed by atoms with Crippen LogP contribution >= 0.6 is 11.8 Å². The Hall–Kier alpha value is -2.50. The van der Waals surface area contributed by atoms with Crippen LogP contribution in [0.15, 0.2) is 29.7 Å². The Kier molecular flexibility index (Phi) is 5.41. The first-order valence-corrected chi connectivity index (χ1v) is 9.10. The van der Waals surface area contributed by atoms with Crippen molar-refractivity contribution in [1.29, 1.82) is 0 Å². The molecule has 3 heterocycles. The monoisotopic (exact) mass is 435 g/mol. The van der Waals surface area contributed by atoms with Crippen LogP contribution in [-0.2, 0) is 19.6 Å². The highest BCUT2D eigenvalue weighted by molar-refractivity contribution is 7.99. The van der Waals surface area contributed by atoms with Crippen molar-refractivity contribution < 1.29 is 26.3 Å². The minimum absolute atomic E-state index is 0.0930. The van der Waals surface area contributed by atoms with Gasteiger partial charge in [-0.05, 0) is 18.6 Å². The molecule has 0 aliphatic heterocycles. The first-order chi connectivity index (χ1) is 13.3. The van der Waals surface area contributed by atoms with Crippen LogP contribution in [0.3, 0.4) is 0 Å². The number of rotatable bonds is 4. The average molecular weight is 435 g/mol. The standard InChI is InChI=1S/C17H15F6N5S/c1-8(29-15-26-13(17(21,22)23)4-14(24)27-15)11-3-10-9(5-16(18,19)20)7-28(2)12(10)6-25-11/h3-4,6-8H,5H2,1-2H3,(H2,24,26,27). The fraction of sp³-hybridized carbons (Fsp3) is 0.353. The van der Waals surface area contributed by atoms with Crippen molar-refractivity contribution in [3.63, 3.8) is 0 Å². The minimum Gasteiger partial charge on any atom is -0.384 e. The fourth-order valence-corrected chi connectivity index (χ4v) is 3.69. The topological polar surface area (TPSA) is 69.6 Å². The smallest absolute Gasteiger partial charge is 0.384 e. The van der Waals surface area contributed by atoms with Gasteiger partial charge >= 0.3 is 12.4 Å². The van der Waals surface area contributed by atoms with E-state index in [1.807, 2.05) is 0 Å². The van der Waals surface area contributed by atoms with Crippen LogP contribution in [0.25, 0.3) is 10.9 Å². The molecule has 0 aliphatic carbocycles. The van der Waals surface area contributed by atoms with Crippen LogP contribution in [0.4, 0.5) is 32.2 Å². The van der Waals surface area contributed by atoms with Crippen molar-refractivity contribution in [2.24, 2.45) is 7.05 Å². The van der Waals surface area contributed by atoms with Gasteiger partial charge in [0.25, 0.3) is 0 Å². The van der Waals surface area contributed by atoms with Gasteiger partial charge in [0, 0.05) is 24.7 Å². The molecule has 1 unspecified atom stereocenters. The van der Waals surface area contributed by atoms with E-state index in [1.165, 1.54) is 18.5 Å². The number of hydrogen-bond acceptors (Lipinski definition) is 5. The number of thioether (sulfide) groups is 1. The number of aryl methyl sites for hydroxylation is 1. The van der Waals surface area contributed by atoms with Crippen molar-refractivity contribution >= 4 is 28.5 Å². The second-order valence-corrected chi connectivity index (χ2v) is 7.71. The van der Waals surface area contributed by atoms with Crippen LogP contribution in [0, 0.1) is 0 Å². The molecule has 0 fully saturated rings. The predicted octanol–water partition coefficient (Wildman–Crippen LogP) is 4.92. The van der Waals surface area contributed by atoms with E-state index in [9.17, 15) is 26.3 Å². The average Bonchev–Trinajstić information content (AvgIpc) is 2.87. The number of pyridine rings is 1. The first-order valence-electron chi connectivity index (χ1n) is 8.22. The molecule has 2 N–H and O–H groups in total. The molecule has 3 aromatic rings. The molecule has 156 valence electrons. The summed E-state index contributed by atoms with van der Waals surface area (Å²) in [5, 5.41) is -0.344. The van der Waals surface area contributed by atoms with Crippen molar-refractivity contribution in [3.05, 3.63) is 41.5 Å². The maximum Gasteiger partial charge on any atom is 0.433 e. The maximum absolute atomic E-state index is 12.9. The largest absolute Gasteiger partial charge is 0.433 e. The number of hydrogen-bond donors (Lipinski definition) is 1. The van der Waals surface area contributed by atoms with Crippen LogP contribution in [0.2, 0.25) is 0 Å². The highest BCUT2D eigenvalue weighted by Crippen LogP contribution is 2.37. The predicted molar refractivity (Wildman–Crippen MR) is 96.2 cm³/mol. The van der Waals surface area contributed by atoms with Crippen LogP contribution in [0.5, 0.6) is 0 Å². The third kappa shape index (κ3) is 4.92. The number of halogens is 6. The minimum atomic E-state index is -4.68.